The lowest BCUT2D eigenvalue weighted by Gasteiger charge is -2.26. The Balaban J connectivity index is 1.67. The molecule has 7 heteroatoms. The first-order valence-corrected chi connectivity index (χ1v) is 6.51. The third kappa shape index (κ3) is 2.71. The Morgan fingerprint density at radius 1 is 1.05 bits per heavy atom. The molecule has 0 aliphatic carbocycles. The summed E-state index contributed by atoms with van der Waals surface area (Å²) in [6, 6.07) is 1.71. The van der Waals surface area contributed by atoms with Crippen molar-refractivity contribution >= 4 is 11.8 Å². The number of nitrogens with zero attached hydrogens (tertiary/aromatic N) is 3. The Morgan fingerprint density at radius 2 is 1.68 bits per heavy atom. The minimum absolute atomic E-state index is 0.0911. The monoisotopic (exact) mass is 267 g/mol. The van der Waals surface area contributed by atoms with E-state index >= 15 is 0 Å². The van der Waals surface area contributed by atoms with Crippen molar-refractivity contribution < 1.29 is 18.8 Å². The molecule has 104 valence electrons. The van der Waals surface area contributed by atoms with Gasteiger partial charge in [0.25, 0.3) is 5.91 Å². The van der Waals surface area contributed by atoms with Crippen molar-refractivity contribution in [1.29, 1.82) is 0 Å². The van der Waals surface area contributed by atoms with E-state index < -0.39 is 0 Å². The van der Waals surface area contributed by atoms with Crippen molar-refractivity contribution in [2.24, 2.45) is 0 Å². The van der Waals surface area contributed by atoms with E-state index in [4.69, 9.17) is 14.0 Å². The second-order valence-electron chi connectivity index (χ2n) is 4.55. The van der Waals surface area contributed by atoms with Gasteiger partial charge in [0.15, 0.2) is 5.69 Å². The van der Waals surface area contributed by atoms with Crippen LogP contribution in [0.15, 0.2) is 10.6 Å². The third-order valence-electron chi connectivity index (χ3n) is 3.34. The van der Waals surface area contributed by atoms with Crippen LogP contribution in [0.2, 0.25) is 0 Å². The van der Waals surface area contributed by atoms with Gasteiger partial charge in [0, 0.05) is 32.2 Å². The first kappa shape index (κ1) is 12.4. The molecule has 0 bridgehead atoms. The number of aromatic nitrogens is 1. The van der Waals surface area contributed by atoms with Gasteiger partial charge in [-0.3, -0.25) is 4.79 Å². The summed E-state index contributed by atoms with van der Waals surface area (Å²) in [7, 11) is 0. The highest BCUT2D eigenvalue weighted by Gasteiger charge is 2.23. The van der Waals surface area contributed by atoms with E-state index in [2.05, 4.69) is 5.16 Å². The number of hydrogen-bond donors (Lipinski definition) is 0. The standard InChI is InChI=1S/C12H17N3O4/c16-12(15-3-7-18-8-4-15)10-9-11(19-13-10)14-1-5-17-6-2-14/h9H,1-8H2. The molecule has 2 aliphatic heterocycles. The topological polar surface area (TPSA) is 68.0 Å². The summed E-state index contributed by atoms with van der Waals surface area (Å²) in [6.07, 6.45) is 0. The van der Waals surface area contributed by atoms with Crippen molar-refractivity contribution in [3.63, 3.8) is 0 Å². The van der Waals surface area contributed by atoms with Gasteiger partial charge in [-0.1, -0.05) is 5.16 Å². The van der Waals surface area contributed by atoms with Gasteiger partial charge in [0.2, 0.25) is 5.88 Å². The Kier molecular flexibility index (Phi) is 3.65. The Hall–Kier alpha value is -1.60. The number of carbonyl (C=O) groups excluding carboxylic acids is 1. The normalized spacial score (nSPS) is 20.6. The lowest BCUT2D eigenvalue weighted by atomic mass is 10.3. The van der Waals surface area contributed by atoms with Crippen molar-refractivity contribution in [2.75, 3.05) is 57.5 Å². The first-order chi connectivity index (χ1) is 9.34. The molecule has 0 N–H and O–H groups in total. The molecular weight excluding hydrogens is 250 g/mol. The Morgan fingerprint density at radius 3 is 2.37 bits per heavy atom. The molecular formula is C12H17N3O4. The van der Waals surface area contributed by atoms with Gasteiger partial charge < -0.3 is 23.8 Å². The van der Waals surface area contributed by atoms with Gasteiger partial charge in [0.05, 0.1) is 26.4 Å². The lowest BCUT2D eigenvalue weighted by molar-refractivity contribution is 0.0296. The van der Waals surface area contributed by atoms with E-state index in [-0.39, 0.29) is 5.91 Å². The second-order valence-corrected chi connectivity index (χ2v) is 4.55. The maximum absolute atomic E-state index is 12.2. The molecule has 3 heterocycles. The maximum atomic E-state index is 12.2. The SMILES string of the molecule is O=C(c1cc(N2CCOCC2)on1)N1CCOCC1. The van der Waals surface area contributed by atoms with Crippen LogP contribution in [0.1, 0.15) is 10.5 Å². The summed E-state index contributed by atoms with van der Waals surface area (Å²) in [5.74, 6) is 0.548. The molecule has 1 aromatic rings. The summed E-state index contributed by atoms with van der Waals surface area (Å²) in [6.45, 7) is 5.26. The zero-order chi connectivity index (χ0) is 13.1. The molecule has 3 rings (SSSR count). The molecule has 2 saturated heterocycles. The molecule has 2 aliphatic rings. The number of carbonyl (C=O) groups is 1. The predicted octanol–water partition coefficient (Wildman–Crippen LogP) is -0.0164. The van der Waals surface area contributed by atoms with Crippen LogP contribution < -0.4 is 4.90 Å². The molecule has 1 amide bonds. The average molecular weight is 267 g/mol. The van der Waals surface area contributed by atoms with Crippen LogP contribution in [0.25, 0.3) is 0 Å². The highest BCUT2D eigenvalue weighted by atomic mass is 16.5. The highest BCUT2D eigenvalue weighted by molar-refractivity contribution is 5.92. The molecule has 0 radical (unpaired) electrons. The Labute approximate surface area is 111 Å². The average Bonchev–Trinajstić information content (AvgIpc) is 2.98. The predicted molar refractivity (Wildman–Crippen MR) is 66.3 cm³/mol. The fourth-order valence-electron chi connectivity index (χ4n) is 2.23. The molecule has 0 atom stereocenters. The van der Waals surface area contributed by atoms with E-state index in [9.17, 15) is 4.79 Å². The van der Waals surface area contributed by atoms with Crippen LogP contribution in [0, 0.1) is 0 Å². The molecule has 1 aromatic heterocycles. The van der Waals surface area contributed by atoms with Gasteiger partial charge in [-0.2, -0.15) is 0 Å². The quantitative estimate of drug-likeness (QED) is 0.750. The van der Waals surface area contributed by atoms with Gasteiger partial charge in [-0.15, -0.1) is 0 Å². The zero-order valence-electron chi connectivity index (χ0n) is 10.7. The van der Waals surface area contributed by atoms with Crippen LogP contribution in [0.5, 0.6) is 0 Å². The number of morpholine rings is 2. The second kappa shape index (κ2) is 5.58. The fraction of sp³-hybridized carbons (Fsp3) is 0.667. The molecule has 0 unspecified atom stereocenters. The van der Waals surface area contributed by atoms with Crippen LogP contribution in [0.3, 0.4) is 0 Å². The molecule has 0 spiro atoms. The smallest absolute Gasteiger partial charge is 0.276 e. The van der Waals surface area contributed by atoms with Crippen LogP contribution in [-0.2, 0) is 9.47 Å². The molecule has 0 saturated carbocycles. The molecule has 0 aromatic carbocycles. The minimum Gasteiger partial charge on any atom is -0.378 e. The lowest BCUT2D eigenvalue weighted by Crippen LogP contribution is -2.40. The number of rotatable bonds is 2. The summed E-state index contributed by atoms with van der Waals surface area (Å²) >= 11 is 0. The van der Waals surface area contributed by atoms with Crippen molar-refractivity contribution in [3.05, 3.63) is 11.8 Å². The highest BCUT2D eigenvalue weighted by Crippen LogP contribution is 2.18. The van der Waals surface area contributed by atoms with E-state index in [1.54, 1.807) is 11.0 Å². The zero-order valence-corrected chi connectivity index (χ0v) is 10.7. The number of ether oxygens (including phenoxy) is 2. The van der Waals surface area contributed by atoms with E-state index in [0.717, 1.165) is 13.1 Å². The summed E-state index contributed by atoms with van der Waals surface area (Å²) in [5, 5.41) is 3.88. The summed E-state index contributed by atoms with van der Waals surface area (Å²) in [5.41, 5.74) is 0.364. The number of anilines is 1. The molecule has 2 fully saturated rings. The van der Waals surface area contributed by atoms with E-state index in [0.29, 0.717) is 51.1 Å². The maximum Gasteiger partial charge on any atom is 0.276 e. The molecule has 19 heavy (non-hydrogen) atoms. The van der Waals surface area contributed by atoms with Crippen LogP contribution >= 0.6 is 0 Å². The van der Waals surface area contributed by atoms with Gasteiger partial charge in [-0.25, -0.2) is 0 Å². The van der Waals surface area contributed by atoms with Gasteiger partial charge in [-0.05, 0) is 0 Å². The van der Waals surface area contributed by atoms with Gasteiger partial charge >= 0.3 is 0 Å². The van der Waals surface area contributed by atoms with Crippen molar-refractivity contribution in [3.8, 4) is 0 Å². The fourth-order valence-corrected chi connectivity index (χ4v) is 2.23. The molecule has 7 nitrogen and oxygen atoms in total. The number of amides is 1. The number of hydrogen-bond acceptors (Lipinski definition) is 6. The summed E-state index contributed by atoms with van der Waals surface area (Å²) < 4.78 is 15.8. The van der Waals surface area contributed by atoms with Crippen LogP contribution in [0.4, 0.5) is 5.88 Å². The largest absolute Gasteiger partial charge is 0.378 e. The first-order valence-electron chi connectivity index (χ1n) is 6.51. The third-order valence-corrected chi connectivity index (χ3v) is 3.34. The minimum atomic E-state index is -0.0911. The van der Waals surface area contributed by atoms with E-state index in [1.165, 1.54) is 0 Å². The van der Waals surface area contributed by atoms with Crippen molar-refractivity contribution in [1.82, 2.24) is 10.1 Å². The van der Waals surface area contributed by atoms with E-state index in [1.807, 2.05) is 4.90 Å². The Bertz CT molecular complexity index is 436. The van der Waals surface area contributed by atoms with Crippen molar-refractivity contribution in [2.45, 2.75) is 0 Å². The van der Waals surface area contributed by atoms with Gasteiger partial charge in [0.1, 0.15) is 0 Å². The van der Waals surface area contributed by atoms with Crippen LogP contribution in [-0.4, -0.2) is 68.6 Å². The summed E-state index contributed by atoms with van der Waals surface area (Å²) in [4.78, 5) is 16.0.